The van der Waals surface area contributed by atoms with E-state index >= 15 is 4.39 Å². The van der Waals surface area contributed by atoms with Crippen molar-refractivity contribution in [1.82, 2.24) is 30.8 Å². The van der Waals surface area contributed by atoms with Crippen molar-refractivity contribution in [3.05, 3.63) is 138 Å². The first-order valence-electron chi connectivity index (χ1n) is 36.1. The number of fused-ring (bicyclic) bond motifs is 5. The molecule has 0 fully saturated rings. The number of hydrogen-bond donors (Lipinski definition) is 8. The Balaban J connectivity index is 0.753. The first-order chi connectivity index (χ1) is 51.4. The topological polar surface area (TPSA) is 422 Å². The number of nitrogens with zero attached hydrogens (tertiary/aromatic N) is 5. The lowest BCUT2D eigenvalue weighted by atomic mass is 9.81. The minimum absolute atomic E-state index is 0.0408. The highest BCUT2D eigenvalue weighted by Gasteiger charge is 2.46. The van der Waals surface area contributed by atoms with Gasteiger partial charge in [-0.15, -0.1) is 0 Å². The van der Waals surface area contributed by atoms with Crippen molar-refractivity contribution in [2.24, 2.45) is 10.8 Å². The maximum atomic E-state index is 15.5. The number of carbonyl (C=O) groups is 7. The van der Waals surface area contributed by atoms with E-state index in [1.54, 1.807) is 74.5 Å². The second kappa shape index (κ2) is 43.5. The normalized spacial score (nSPS) is 15.6. The number of ether oxygens (including phenoxy) is 10. The van der Waals surface area contributed by atoms with Crippen LogP contribution in [0.5, 0.6) is 0 Å². The molecule has 0 saturated heterocycles. The molecule has 576 valence electrons. The van der Waals surface area contributed by atoms with E-state index in [0.717, 1.165) is 24.8 Å². The summed E-state index contributed by atoms with van der Waals surface area (Å²) in [5.41, 5.74) is 16.8. The van der Waals surface area contributed by atoms with Gasteiger partial charge < -0.3 is 94.5 Å². The third-order valence-corrected chi connectivity index (χ3v) is 18.2. The Labute approximate surface area is 613 Å². The van der Waals surface area contributed by atoms with Crippen LogP contribution < -0.4 is 37.9 Å². The fraction of sp³-hybridized carbons (Fsp3) is 0.554. The van der Waals surface area contributed by atoms with Crippen molar-refractivity contribution < 1.29 is 95.5 Å². The fourth-order valence-electron chi connectivity index (χ4n) is 12.5. The number of azide groups is 1. The van der Waals surface area contributed by atoms with E-state index < -0.39 is 89.2 Å². The van der Waals surface area contributed by atoms with E-state index in [2.05, 4.69) is 36.6 Å². The lowest BCUT2D eigenvalue weighted by Gasteiger charge is -2.31. The molecule has 2 aliphatic heterocycles. The Bertz CT molecular complexity index is 3860. The number of aliphatic hydroxyl groups is 1. The number of esters is 1. The number of rotatable bonds is 50. The predicted molar refractivity (Wildman–Crippen MR) is 383 cm³/mol. The lowest BCUT2D eigenvalue weighted by molar-refractivity contribution is -0.172. The fourth-order valence-corrected chi connectivity index (χ4v) is 12.5. The molecule has 1 unspecified atom stereocenters. The summed E-state index contributed by atoms with van der Waals surface area (Å²) in [6, 6.07) is 13.7. The number of carboxylic acids is 1. The van der Waals surface area contributed by atoms with Gasteiger partial charge in [0.1, 0.15) is 37.2 Å². The van der Waals surface area contributed by atoms with E-state index in [1.807, 2.05) is 0 Å². The zero-order valence-electron chi connectivity index (χ0n) is 60.1. The van der Waals surface area contributed by atoms with Gasteiger partial charge in [-0.05, 0) is 123 Å². The van der Waals surface area contributed by atoms with Gasteiger partial charge in [-0.3, -0.25) is 28.8 Å². The Morgan fingerprint density at radius 2 is 1.32 bits per heavy atom. The first-order valence-corrected chi connectivity index (χ1v) is 36.1. The zero-order chi connectivity index (χ0) is 75.6. The van der Waals surface area contributed by atoms with Crippen LogP contribution in [0.15, 0.2) is 76.6 Å². The number of carbonyl (C=O) groups excluding carboxylic acids is 6. The smallest absolute Gasteiger partial charge is 0.407 e. The molecule has 4 heterocycles. The number of nitrogens with two attached hydrogens (primary N) is 1. The summed E-state index contributed by atoms with van der Waals surface area (Å²) in [4.78, 5) is 116. The zero-order valence-corrected chi connectivity index (χ0v) is 60.1. The Kier molecular flexibility index (Phi) is 33.9. The van der Waals surface area contributed by atoms with Gasteiger partial charge in [0, 0.05) is 65.6 Å². The number of alkyl carbamates (subject to hydrolysis) is 1. The summed E-state index contributed by atoms with van der Waals surface area (Å²) in [5, 5.41) is 39.1. The Morgan fingerprint density at radius 1 is 0.717 bits per heavy atom. The summed E-state index contributed by atoms with van der Waals surface area (Å²) in [7, 11) is 0. The Hall–Kier alpha value is -9.05. The third kappa shape index (κ3) is 24.5. The number of aromatic nitrogens is 2. The number of halogens is 1. The van der Waals surface area contributed by atoms with Gasteiger partial charge in [-0.2, -0.15) is 0 Å². The molecule has 31 nitrogen and oxygen atoms in total. The van der Waals surface area contributed by atoms with Crippen LogP contribution in [-0.2, 0) is 114 Å². The van der Waals surface area contributed by atoms with E-state index in [1.165, 1.54) is 10.6 Å². The van der Waals surface area contributed by atoms with Gasteiger partial charge >= 0.3 is 18.0 Å². The molecule has 0 spiro atoms. The van der Waals surface area contributed by atoms with Crippen molar-refractivity contribution in [2.45, 2.75) is 147 Å². The molecule has 5 aromatic rings. The van der Waals surface area contributed by atoms with Crippen LogP contribution in [0.25, 0.3) is 32.7 Å². The highest BCUT2D eigenvalue weighted by atomic mass is 19.1. The summed E-state index contributed by atoms with van der Waals surface area (Å²) in [6.07, 6.45) is 2.74. The molecule has 5 atom stereocenters. The highest BCUT2D eigenvalue weighted by Crippen LogP contribution is 2.46. The van der Waals surface area contributed by atoms with E-state index in [-0.39, 0.29) is 89.4 Å². The number of nitrogens with one attached hydrogen (secondary N) is 5. The molecule has 9 N–H and O–H groups in total. The minimum atomic E-state index is -2.06. The summed E-state index contributed by atoms with van der Waals surface area (Å²) < 4.78 is 72.2. The summed E-state index contributed by atoms with van der Waals surface area (Å²) >= 11 is 0. The van der Waals surface area contributed by atoms with Crippen LogP contribution in [0.4, 0.5) is 14.9 Å². The molecule has 3 aliphatic rings. The van der Waals surface area contributed by atoms with Crippen molar-refractivity contribution in [1.29, 1.82) is 0 Å². The second-order valence-corrected chi connectivity index (χ2v) is 25.6. The maximum Gasteiger partial charge on any atom is 0.407 e. The molecule has 32 heteroatoms. The van der Waals surface area contributed by atoms with Crippen molar-refractivity contribution in [2.75, 3.05) is 124 Å². The number of aryl methyl sites for hydroxylation is 1. The molecule has 2 aromatic heterocycles. The second-order valence-electron chi connectivity index (χ2n) is 25.6. The third-order valence-electron chi connectivity index (χ3n) is 18.2. The van der Waals surface area contributed by atoms with Crippen molar-refractivity contribution >= 4 is 58.3 Å². The number of pyridine rings is 2. The van der Waals surface area contributed by atoms with E-state index in [0.29, 0.717) is 174 Å². The van der Waals surface area contributed by atoms with Crippen LogP contribution in [0.2, 0.25) is 0 Å². The number of amides is 5. The van der Waals surface area contributed by atoms with Crippen molar-refractivity contribution in [3.8, 4) is 11.4 Å². The van der Waals surface area contributed by atoms with Crippen LogP contribution >= 0.6 is 0 Å². The van der Waals surface area contributed by atoms with Gasteiger partial charge in [0.25, 0.3) is 5.56 Å². The predicted octanol–water partition coefficient (Wildman–Crippen LogP) is 6.07. The summed E-state index contributed by atoms with van der Waals surface area (Å²) in [5.74, 6) is -5.31. The molecule has 0 saturated carbocycles. The van der Waals surface area contributed by atoms with E-state index in [9.17, 15) is 48.6 Å². The number of cyclic esters (lactones) is 1. The van der Waals surface area contributed by atoms with Gasteiger partial charge in [0.05, 0.1) is 134 Å². The van der Waals surface area contributed by atoms with Crippen LogP contribution in [0, 0.1) is 12.7 Å². The highest BCUT2D eigenvalue weighted by molar-refractivity contribution is 5.99. The standard InChI is InChI=1S/C74H98FN11O20/c1-3-74(96)55-43-62-67-53(45-86(62)71(93)54(55)47-105-72(74)94)66-57(20-19-52-48(2)56(75)44-60(81-67)65(52)66)84-73(95)106-46-50-15-17-51(18-16-50)79-68(90)58(14-8-9-24-76)82-70(92)61(42-49-12-6-4-7-13-49)83-69(91)59(21-22-64(88)89)80-63(87)23-27-98-29-31-100-33-35-102-37-39-104-41-40-103-38-36-101-34-32-99-30-28-97-26-11-5-10-25-78-85-77/h4,6-7,12-13,15-18,43-44,57-59,61,96H,3,5,8-11,14,19-42,45-47,76H2,1-2H3,(H,79,90)(H,80,87)(H,82,92)(H,83,91)(H,84,95)(H,88,89)/t57-,58-,59?,61-,74-/m0/s1. The van der Waals surface area contributed by atoms with Gasteiger partial charge in [0.2, 0.25) is 23.6 Å². The number of anilines is 1. The molecule has 0 radical (unpaired) electrons. The van der Waals surface area contributed by atoms with Crippen LogP contribution in [0.3, 0.4) is 0 Å². The molecule has 106 heavy (non-hydrogen) atoms. The van der Waals surface area contributed by atoms with Gasteiger partial charge in [-0.25, -0.2) is 19.0 Å². The monoisotopic (exact) mass is 1480 g/mol. The minimum Gasteiger partial charge on any atom is -0.481 e. The van der Waals surface area contributed by atoms with Crippen LogP contribution in [-0.4, -0.2) is 198 Å². The van der Waals surface area contributed by atoms with Gasteiger partial charge in [0.15, 0.2) is 5.60 Å². The molecular formula is C74H98FN11O20. The molecule has 0 bridgehead atoms. The molecule has 5 amide bonds. The number of benzene rings is 3. The van der Waals surface area contributed by atoms with Crippen molar-refractivity contribution in [3.63, 3.8) is 0 Å². The van der Waals surface area contributed by atoms with Crippen LogP contribution in [0.1, 0.15) is 128 Å². The summed E-state index contributed by atoms with van der Waals surface area (Å²) in [6.45, 7) is 9.50. The first kappa shape index (κ1) is 82.6. The largest absolute Gasteiger partial charge is 0.481 e. The van der Waals surface area contributed by atoms with E-state index in [4.69, 9.17) is 63.6 Å². The average molecular weight is 1480 g/mol. The molecule has 3 aromatic carbocycles. The number of aliphatic carboxylic acids is 1. The number of unbranched alkanes of at least 4 members (excludes halogenated alkanes) is 3. The number of carboxylic acid groups (broad SMARTS) is 1. The quantitative estimate of drug-likeness (QED) is 0.00705. The molecular weight excluding hydrogens is 1380 g/mol. The Morgan fingerprint density at radius 3 is 1.93 bits per heavy atom. The molecule has 8 rings (SSSR count). The SMILES string of the molecule is CC[C@@]1(O)C(=O)OCc2c1cc1n(c2=O)Cc2c-1nc1cc(F)c(C)c3c1c2[C@@H](NC(=O)OCc1ccc(NC(=O)[C@H](CCCCN)NC(=O)[C@H](Cc2ccccc2)NC(=O)C(CCC(=O)O)NC(=O)CCOCCOCCOCCOCCOCCOCCOCCOCCCCCN=[N+]=[N-])cc1)CC3. The lowest BCUT2D eigenvalue weighted by Crippen LogP contribution is -2.57. The molecule has 1 aliphatic carbocycles. The van der Waals surface area contributed by atoms with Gasteiger partial charge in [-0.1, -0.05) is 60.9 Å². The average Bonchev–Trinajstić information content (AvgIpc) is 1.51. The maximum absolute atomic E-state index is 15.5. The number of hydrogen-bond acceptors (Lipinski definition) is 22.